The van der Waals surface area contributed by atoms with Crippen LogP contribution in [0.3, 0.4) is 0 Å². The van der Waals surface area contributed by atoms with E-state index in [1.165, 1.54) is 17.8 Å². The summed E-state index contributed by atoms with van der Waals surface area (Å²) in [6, 6.07) is 6.95. The van der Waals surface area contributed by atoms with Crippen molar-refractivity contribution in [3.05, 3.63) is 46.3 Å². The zero-order chi connectivity index (χ0) is 16.1. The molecule has 1 aromatic carbocycles. The van der Waals surface area contributed by atoms with E-state index in [0.29, 0.717) is 12.3 Å². The molecular weight excluding hydrogens is 288 g/mol. The number of benzene rings is 1. The van der Waals surface area contributed by atoms with Crippen molar-refractivity contribution < 1.29 is 14.5 Å². The Balaban J connectivity index is 1.97. The zero-order valence-electron chi connectivity index (χ0n) is 12.3. The van der Waals surface area contributed by atoms with Crippen molar-refractivity contribution in [1.82, 2.24) is 9.78 Å². The number of rotatable bonds is 6. The molecule has 0 spiro atoms. The van der Waals surface area contributed by atoms with Crippen LogP contribution in [0.5, 0.6) is 5.75 Å². The lowest BCUT2D eigenvalue weighted by atomic mass is 10.3. The Morgan fingerprint density at radius 2 is 2.09 bits per heavy atom. The lowest BCUT2D eigenvalue weighted by Crippen LogP contribution is -2.19. The lowest BCUT2D eigenvalue weighted by Gasteiger charge is -2.07. The van der Waals surface area contributed by atoms with E-state index in [-0.39, 0.29) is 23.8 Å². The summed E-state index contributed by atoms with van der Waals surface area (Å²) >= 11 is 0. The average molecular weight is 304 g/mol. The first-order valence-electron chi connectivity index (χ1n) is 6.70. The van der Waals surface area contributed by atoms with Gasteiger partial charge in [-0.3, -0.25) is 19.6 Å². The second kappa shape index (κ2) is 6.70. The SMILES string of the molecule is CCOc1ccc(NC(=O)Cn2cc([N+](=O)[O-])c(C)n2)cc1. The maximum atomic E-state index is 11.9. The number of nitro groups is 1. The van der Waals surface area contributed by atoms with Crippen molar-refractivity contribution in [2.45, 2.75) is 20.4 Å². The van der Waals surface area contributed by atoms with Crippen molar-refractivity contribution in [2.75, 3.05) is 11.9 Å². The van der Waals surface area contributed by atoms with Crippen molar-refractivity contribution >= 4 is 17.3 Å². The maximum absolute atomic E-state index is 11.9. The number of aryl methyl sites for hydroxylation is 1. The maximum Gasteiger partial charge on any atom is 0.309 e. The molecule has 1 N–H and O–H groups in total. The molecule has 0 atom stereocenters. The summed E-state index contributed by atoms with van der Waals surface area (Å²) in [6.07, 6.45) is 1.24. The molecule has 1 amide bonds. The second-order valence-electron chi connectivity index (χ2n) is 4.56. The van der Waals surface area contributed by atoms with E-state index >= 15 is 0 Å². The van der Waals surface area contributed by atoms with Gasteiger partial charge in [-0.15, -0.1) is 0 Å². The fourth-order valence-corrected chi connectivity index (χ4v) is 1.92. The molecule has 22 heavy (non-hydrogen) atoms. The van der Waals surface area contributed by atoms with Crippen LogP contribution in [0.4, 0.5) is 11.4 Å². The predicted octanol–water partition coefficient (Wildman–Crippen LogP) is 2.14. The third kappa shape index (κ3) is 3.81. The summed E-state index contributed by atoms with van der Waals surface area (Å²) in [6.45, 7) is 3.89. The van der Waals surface area contributed by atoms with Crippen molar-refractivity contribution in [1.29, 1.82) is 0 Å². The van der Waals surface area contributed by atoms with Gasteiger partial charge in [0.1, 0.15) is 24.2 Å². The fraction of sp³-hybridized carbons (Fsp3) is 0.286. The van der Waals surface area contributed by atoms with Crippen LogP contribution in [0.15, 0.2) is 30.5 Å². The number of amides is 1. The van der Waals surface area contributed by atoms with Gasteiger partial charge in [-0.2, -0.15) is 5.10 Å². The van der Waals surface area contributed by atoms with Crippen LogP contribution in [0.1, 0.15) is 12.6 Å². The van der Waals surface area contributed by atoms with Crippen molar-refractivity contribution in [2.24, 2.45) is 0 Å². The minimum absolute atomic E-state index is 0.0953. The Hall–Kier alpha value is -2.90. The summed E-state index contributed by atoms with van der Waals surface area (Å²) in [5.74, 6) is 0.403. The zero-order valence-corrected chi connectivity index (χ0v) is 12.3. The quantitative estimate of drug-likeness (QED) is 0.651. The Kier molecular flexibility index (Phi) is 4.72. The van der Waals surface area contributed by atoms with E-state index < -0.39 is 4.92 Å². The Labute approximate surface area is 126 Å². The van der Waals surface area contributed by atoms with Gasteiger partial charge in [-0.05, 0) is 38.1 Å². The highest BCUT2D eigenvalue weighted by atomic mass is 16.6. The predicted molar refractivity (Wildman–Crippen MR) is 79.9 cm³/mol. The molecule has 1 heterocycles. The highest BCUT2D eigenvalue weighted by Crippen LogP contribution is 2.17. The molecule has 0 saturated carbocycles. The fourth-order valence-electron chi connectivity index (χ4n) is 1.92. The van der Waals surface area contributed by atoms with E-state index in [9.17, 15) is 14.9 Å². The second-order valence-corrected chi connectivity index (χ2v) is 4.56. The van der Waals surface area contributed by atoms with Gasteiger partial charge in [-0.25, -0.2) is 0 Å². The van der Waals surface area contributed by atoms with Crippen LogP contribution >= 0.6 is 0 Å². The van der Waals surface area contributed by atoms with E-state index in [0.717, 1.165) is 5.75 Å². The van der Waals surface area contributed by atoms with Gasteiger partial charge in [0.2, 0.25) is 5.91 Å². The summed E-state index contributed by atoms with van der Waals surface area (Å²) in [5.41, 5.74) is 0.791. The van der Waals surface area contributed by atoms with Gasteiger partial charge >= 0.3 is 5.69 Å². The average Bonchev–Trinajstić information content (AvgIpc) is 2.82. The number of ether oxygens (including phenoxy) is 1. The summed E-state index contributed by atoms with van der Waals surface area (Å²) < 4.78 is 6.56. The number of anilines is 1. The third-order valence-electron chi connectivity index (χ3n) is 2.87. The number of nitrogens with one attached hydrogen (secondary N) is 1. The molecule has 0 saturated heterocycles. The number of carbonyl (C=O) groups is 1. The van der Waals surface area contributed by atoms with Crippen molar-refractivity contribution in [3.8, 4) is 5.75 Å². The monoisotopic (exact) mass is 304 g/mol. The van der Waals surface area contributed by atoms with Crippen LogP contribution in [-0.2, 0) is 11.3 Å². The molecule has 0 bridgehead atoms. The molecule has 2 aromatic rings. The van der Waals surface area contributed by atoms with Gasteiger partial charge in [0.15, 0.2) is 0 Å². The summed E-state index contributed by atoms with van der Waals surface area (Å²) in [4.78, 5) is 22.1. The smallest absolute Gasteiger partial charge is 0.309 e. The molecule has 0 aliphatic carbocycles. The number of aromatic nitrogens is 2. The Bertz CT molecular complexity index is 679. The van der Waals surface area contributed by atoms with Gasteiger partial charge in [0.25, 0.3) is 0 Å². The molecule has 8 nitrogen and oxygen atoms in total. The minimum Gasteiger partial charge on any atom is -0.494 e. The molecule has 0 unspecified atom stereocenters. The third-order valence-corrected chi connectivity index (χ3v) is 2.87. The largest absolute Gasteiger partial charge is 0.494 e. The Morgan fingerprint density at radius 1 is 1.41 bits per heavy atom. The Morgan fingerprint density at radius 3 is 2.64 bits per heavy atom. The first kappa shape index (κ1) is 15.5. The van der Waals surface area contributed by atoms with Gasteiger partial charge in [-0.1, -0.05) is 0 Å². The van der Waals surface area contributed by atoms with Crippen molar-refractivity contribution in [3.63, 3.8) is 0 Å². The summed E-state index contributed by atoms with van der Waals surface area (Å²) in [7, 11) is 0. The standard InChI is InChI=1S/C14H16N4O4/c1-3-22-12-6-4-11(5-7-12)15-14(19)9-17-8-13(18(20)21)10(2)16-17/h4-8H,3,9H2,1-2H3,(H,15,19). The van der Waals surface area contributed by atoms with Gasteiger partial charge < -0.3 is 10.1 Å². The lowest BCUT2D eigenvalue weighted by molar-refractivity contribution is -0.385. The van der Waals surface area contributed by atoms with Crippen LogP contribution in [0.2, 0.25) is 0 Å². The van der Waals surface area contributed by atoms with E-state index in [1.54, 1.807) is 24.3 Å². The minimum atomic E-state index is -0.525. The van der Waals surface area contributed by atoms with Crippen LogP contribution < -0.4 is 10.1 Å². The molecule has 8 heteroatoms. The topological polar surface area (TPSA) is 99.3 Å². The van der Waals surface area contributed by atoms with Gasteiger partial charge in [0, 0.05) is 5.69 Å². The summed E-state index contributed by atoms with van der Waals surface area (Å²) in [5, 5.41) is 17.4. The molecule has 116 valence electrons. The number of hydrogen-bond donors (Lipinski definition) is 1. The molecular formula is C14H16N4O4. The van der Waals surface area contributed by atoms with E-state index in [2.05, 4.69) is 10.4 Å². The molecule has 0 aliphatic rings. The normalized spacial score (nSPS) is 10.3. The molecule has 2 rings (SSSR count). The van der Waals surface area contributed by atoms with Crippen LogP contribution in [-0.4, -0.2) is 27.2 Å². The molecule has 0 aliphatic heterocycles. The van der Waals surface area contributed by atoms with E-state index in [1.807, 2.05) is 6.92 Å². The molecule has 0 fully saturated rings. The number of nitrogens with zero attached hydrogens (tertiary/aromatic N) is 3. The molecule has 1 aromatic heterocycles. The van der Waals surface area contributed by atoms with Crippen LogP contribution in [0.25, 0.3) is 0 Å². The van der Waals surface area contributed by atoms with E-state index in [4.69, 9.17) is 4.74 Å². The highest BCUT2D eigenvalue weighted by Gasteiger charge is 2.16. The first-order valence-corrected chi connectivity index (χ1v) is 6.70. The molecule has 0 radical (unpaired) electrons. The first-order chi connectivity index (χ1) is 10.5. The number of hydrogen-bond acceptors (Lipinski definition) is 5. The van der Waals surface area contributed by atoms with Gasteiger partial charge in [0.05, 0.1) is 11.5 Å². The highest BCUT2D eigenvalue weighted by molar-refractivity contribution is 5.90. The van der Waals surface area contributed by atoms with Crippen LogP contribution in [0, 0.1) is 17.0 Å². The number of carbonyl (C=O) groups excluding carboxylic acids is 1.